The van der Waals surface area contributed by atoms with Crippen LogP contribution < -0.4 is 9.47 Å². The lowest BCUT2D eigenvalue weighted by atomic mass is 9.90. The molecule has 25 heavy (non-hydrogen) atoms. The van der Waals surface area contributed by atoms with E-state index in [4.69, 9.17) is 9.47 Å². The van der Waals surface area contributed by atoms with Gasteiger partial charge in [-0.05, 0) is 37.8 Å². The highest BCUT2D eigenvalue weighted by atomic mass is 16.5. The Labute approximate surface area is 148 Å². The first-order valence-corrected chi connectivity index (χ1v) is 8.76. The molecule has 138 valence electrons. The van der Waals surface area contributed by atoms with Gasteiger partial charge >= 0.3 is 5.97 Å². The fraction of sp³-hybridized carbons (Fsp3) is 0.579. The molecular weight excluding hydrogens is 322 g/mol. The summed E-state index contributed by atoms with van der Waals surface area (Å²) in [5.41, 5.74) is 0. The quantitative estimate of drug-likeness (QED) is 0.819. The predicted molar refractivity (Wildman–Crippen MR) is 93.8 cm³/mol. The summed E-state index contributed by atoms with van der Waals surface area (Å²) < 4.78 is 11.2. The van der Waals surface area contributed by atoms with Crippen molar-refractivity contribution in [3.63, 3.8) is 0 Å². The molecule has 1 fully saturated rings. The van der Waals surface area contributed by atoms with Gasteiger partial charge in [-0.15, -0.1) is 0 Å². The predicted octanol–water partition coefficient (Wildman–Crippen LogP) is 2.81. The molecule has 6 nitrogen and oxygen atoms in total. The van der Waals surface area contributed by atoms with Gasteiger partial charge < -0.3 is 19.5 Å². The first-order chi connectivity index (χ1) is 11.9. The van der Waals surface area contributed by atoms with Gasteiger partial charge in [-0.25, -0.2) is 0 Å². The van der Waals surface area contributed by atoms with Crippen LogP contribution in [0.1, 0.15) is 33.6 Å². The lowest BCUT2D eigenvalue weighted by molar-refractivity contribution is -0.149. The number of aliphatic carboxylic acids is 1. The summed E-state index contributed by atoms with van der Waals surface area (Å²) in [6.45, 7) is 7.02. The molecule has 1 aromatic carbocycles. The number of benzene rings is 1. The molecule has 1 aromatic rings. The third kappa shape index (κ3) is 5.37. The monoisotopic (exact) mass is 349 g/mol. The maximum absolute atomic E-state index is 12.4. The van der Waals surface area contributed by atoms with E-state index in [2.05, 4.69) is 13.8 Å². The van der Waals surface area contributed by atoms with Gasteiger partial charge in [0.25, 0.3) is 5.91 Å². The van der Waals surface area contributed by atoms with E-state index in [1.54, 1.807) is 24.0 Å². The Bertz CT molecular complexity index is 601. The standard InChI is InChI=1S/C19H27NO5/c1-13(2)11-24-15-6-4-7-16(10-15)25-12-18(21)20-9-5-8-17(14(20)3)19(22)23/h4,6-7,10,13-14,17H,5,8-9,11-12H2,1-3H3,(H,22,23)/t14-,17-/m0/s1. The second-order valence-corrected chi connectivity index (χ2v) is 6.88. The number of nitrogens with zero attached hydrogens (tertiary/aromatic N) is 1. The van der Waals surface area contributed by atoms with Crippen LogP contribution in [0.5, 0.6) is 11.5 Å². The minimum Gasteiger partial charge on any atom is -0.493 e. The molecule has 0 bridgehead atoms. The Morgan fingerprint density at radius 2 is 1.96 bits per heavy atom. The van der Waals surface area contributed by atoms with Crippen LogP contribution in [0.25, 0.3) is 0 Å². The third-order valence-corrected chi connectivity index (χ3v) is 4.38. The van der Waals surface area contributed by atoms with E-state index in [1.165, 1.54) is 0 Å². The van der Waals surface area contributed by atoms with Crippen molar-refractivity contribution in [2.75, 3.05) is 19.8 Å². The molecule has 0 aromatic heterocycles. The van der Waals surface area contributed by atoms with Gasteiger partial charge in [-0.1, -0.05) is 19.9 Å². The molecule has 1 N–H and O–H groups in total. The Balaban J connectivity index is 1.91. The zero-order valence-electron chi connectivity index (χ0n) is 15.1. The SMILES string of the molecule is CC(C)COc1cccc(OCC(=O)N2CCC[C@H](C(=O)O)[C@@H]2C)c1. The zero-order valence-corrected chi connectivity index (χ0v) is 15.1. The third-order valence-electron chi connectivity index (χ3n) is 4.38. The molecule has 1 aliphatic heterocycles. The number of carbonyl (C=O) groups excluding carboxylic acids is 1. The largest absolute Gasteiger partial charge is 0.493 e. The van der Waals surface area contributed by atoms with Crippen LogP contribution in [0, 0.1) is 11.8 Å². The van der Waals surface area contributed by atoms with Gasteiger partial charge in [0.05, 0.1) is 12.5 Å². The Kier molecular flexibility index (Phi) is 6.67. The van der Waals surface area contributed by atoms with Crippen molar-refractivity contribution >= 4 is 11.9 Å². The van der Waals surface area contributed by atoms with Crippen molar-refractivity contribution in [1.82, 2.24) is 4.90 Å². The lowest BCUT2D eigenvalue weighted by Crippen LogP contribution is -2.50. The van der Waals surface area contributed by atoms with Gasteiger partial charge in [0.1, 0.15) is 11.5 Å². The van der Waals surface area contributed by atoms with E-state index in [1.807, 2.05) is 12.1 Å². The number of hydrogen-bond donors (Lipinski definition) is 1. The average Bonchev–Trinajstić information content (AvgIpc) is 2.58. The topological polar surface area (TPSA) is 76.1 Å². The average molecular weight is 349 g/mol. The van der Waals surface area contributed by atoms with Crippen LogP contribution in [0.15, 0.2) is 24.3 Å². The van der Waals surface area contributed by atoms with Crippen molar-refractivity contribution in [2.45, 2.75) is 39.7 Å². The second kappa shape index (κ2) is 8.74. The smallest absolute Gasteiger partial charge is 0.308 e. The Hall–Kier alpha value is -2.24. The summed E-state index contributed by atoms with van der Waals surface area (Å²) in [5.74, 6) is 0.150. The lowest BCUT2D eigenvalue weighted by Gasteiger charge is -2.37. The molecule has 1 aliphatic rings. The number of likely N-dealkylation sites (tertiary alicyclic amines) is 1. The van der Waals surface area contributed by atoms with Gasteiger partial charge in [-0.2, -0.15) is 0 Å². The van der Waals surface area contributed by atoms with Crippen molar-refractivity contribution in [3.8, 4) is 11.5 Å². The number of carboxylic acids is 1. The summed E-state index contributed by atoms with van der Waals surface area (Å²) >= 11 is 0. The van der Waals surface area contributed by atoms with E-state index in [9.17, 15) is 14.7 Å². The minimum absolute atomic E-state index is 0.107. The molecule has 0 radical (unpaired) electrons. The van der Waals surface area contributed by atoms with Crippen LogP contribution in [-0.2, 0) is 9.59 Å². The first-order valence-electron chi connectivity index (χ1n) is 8.76. The van der Waals surface area contributed by atoms with Gasteiger partial charge in [0.2, 0.25) is 0 Å². The normalized spacial score (nSPS) is 20.4. The second-order valence-electron chi connectivity index (χ2n) is 6.88. The number of carboxylic acid groups (broad SMARTS) is 1. The number of rotatable bonds is 7. The number of ether oxygens (including phenoxy) is 2. The maximum atomic E-state index is 12.4. The fourth-order valence-corrected chi connectivity index (χ4v) is 2.97. The molecule has 0 aliphatic carbocycles. The molecular formula is C19H27NO5. The van der Waals surface area contributed by atoms with Gasteiger partial charge in [0, 0.05) is 18.7 Å². The fourth-order valence-electron chi connectivity index (χ4n) is 2.97. The zero-order chi connectivity index (χ0) is 18.4. The molecule has 2 atom stereocenters. The molecule has 0 saturated carbocycles. The van der Waals surface area contributed by atoms with E-state index in [0.717, 1.165) is 0 Å². The molecule has 1 saturated heterocycles. The Morgan fingerprint density at radius 1 is 1.28 bits per heavy atom. The number of hydrogen-bond acceptors (Lipinski definition) is 4. The number of amides is 1. The van der Waals surface area contributed by atoms with Crippen molar-refractivity contribution < 1.29 is 24.2 Å². The minimum atomic E-state index is -0.846. The van der Waals surface area contributed by atoms with Crippen molar-refractivity contribution in [3.05, 3.63) is 24.3 Å². The summed E-state index contributed by atoms with van der Waals surface area (Å²) in [6, 6.07) is 6.88. The van der Waals surface area contributed by atoms with Gasteiger partial charge in [0.15, 0.2) is 6.61 Å². The highest BCUT2D eigenvalue weighted by Gasteiger charge is 2.35. The molecule has 0 unspecified atom stereocenters. The molecule has 1 heterocycles. The van der Waals surface area contributed by atoms with Crippen LogP contribution >= 0.6 is 0 Å². The Morgan fingerprint density at radius 3 is 2.60 bits per heavy atom. The molecule has 0 spiro atoms. The highest BCUT2D eigenvalue weighted by molar-refractivity contribution is 5.80. The van der Waals surface area contributed by atoms with E-state index in [-0.39, 0.29) is 18.6 Å². The highest BCUT2D eigenvalue weighted by Crippen LogP contribution is 2.24. The maximum Gasteiger partial charge on any atom is 0.308 e. The van der Waals surface area contributed by atoms with Crippen LogP contribution in [0.2, 0.25) is 0 Å². The molecule has 2 rings (SSSR count). The summed E-state index contributed by atoms with van der Waals surface area (Å²) in [6.07, 6.45) is 1.31. The van der Waals surface area contributed by atoms with Crippen molar-refractivity contribution in [2.24, 2.45) is 11.8 Å². The van der Waals surface area contributed by atoms with E-state index < -0.39 is 11.9 Å². The molecule has 1 amide bonds. The van der Waals surface area contributed by atoms with E-state index >= 15 is 0 Å². The van der Waals surface area contributed by atoms with Crippen LogP contribution in [-0.4, -0.2) is 47.7 Å². The summed E-state index contributed by atoms with van der Waals surface area (Å²) in [4.78, 5) is 25.3. The summed E-state index contributed by atoms with van der Waals surface area (Å²) in [7, 11) is 0. The van der Waals surface area contributed by atoms with E-state index in [0.29, 0.717) is 43.4 Å². The van der Waals surface area contributed by atoms with Crippen LogP contribution in [0.4, 0.5) is 0 Å². The first kappa shape index (κ1) is 19.1. The number of carbonyl (C=O) groups is 2. The van der Waals surface area contributed by atoms with Crippen molar-refractivity contribution in [1.29, 1.82) is 0 Å². The van der Waals surface area contributed by atoms with Gasteiger partial charge in [-0.3, -0.25) is 9.59 Å². The molecule has 6 heteroatoms. The van der Waals surface area contributed by atoms with Crippen LogP contribution in [0.3, 0.4) is 0 Å². The summed E-state index contributed by atoms with van der Waals surface area (Å²) in [5, 5.41) is 9.25. The number of piperidine rings is 1.